The highest BCUT2D eigenvalue weighted by molar-refractivity contribution is 5.77. The molecule has 1 atom stereocenters. The van der Waals surface area contributed by atoms with Gasteiger partial charge in [0.1, 0.15) is 0 Å². The van der Waals surface area contributed by atoms with Crippen molar-refractivity contribution in [1.29, 1.82) is 0 Å². The molecule has 1 amide bonds. The van der Waals surface area contributed by atoms with Gasteiger partial charge < -0.3 is 14.8 Å². The Morgan fingerprint density at radius 1 is 1.30 bits per heavy atom. The number of likely N-dealkylation sites (N-methyl/N-ethyl adjacent to an activating group) is 1. The Labute approximate surface area is 139 Å². The molecule has 1 unspecified atom stereocenters. The van der Waals surface area contributed by atoms with Crippen LogP contribution in [0.25, 0.3) is 0 Å². The van der Waals surface area contributed by atoms with E-state index in [1.807, 2.05) is 36.2 Å². The minimum absolute atomic E-state index is 0.0456. The maximum atomic E-state index is 12.0. The molecule has 5 nitrogen and oxygen atoms in total. The fraction of sp³-hybridized carbons (Fsp3) is 0.611. The molecule has 1 aromatic rings. The fourth-order valence-corrected chi connectivity index (χ4v) is 2.79. The van der Waals surface area contributed by atoms with Gasteiger partial charge in [0.05, 0.1) is 19.3 Å². The minimum Gasteiger partial charge on any atom is -0.380 e. The van der Waals surface area contributed by atoms with Crippen molar-refractivity contribution in [3.05, 3.63) is 35.4 Å². The summed E-state index contributed by atoms with van der Waals surface area (Å²) in [6.45, 7) is 3.24. The molecule has 1 aliphatic heterocycles. The van der Waals surface area contributed by atoms with Crippen LogP contribution in [0.15, 0.2) is 24.3 Å². The zero-order valence-corrected chi connectivity index (χ0v) is 14.2. The summed E-state index contributed by atoms with van der Waals surface area (Å²) in [5.41, 5.74) is 2.23. The van der Waals surface area contributed by atoms with Gasteiger partial charge in [0.2, 0.25) is 5.91 Å². The average Bonchev–Trinajstić information content (AvgIpc) is 2.55. The number of nitrogens with one attached hydrogen (secondary N) is 1. The van der Waals surface area contributed by atoms with E-state index < -0.39 is 0 Å². The second-order valence-corrected chi connectivity index (χ2v) is 6.21. The lowest BCUT2D eigenvalue weighted by molar-refractivity contribution is -0.122. The van der Waals surface area contributed by atoms with Gasteiger partial charge in [0, 0.05) is 26.8 Å². The van der Waals surface area contributed by atoms with Crippen LogP contribution in [0.3, 0.4) is 0 Å². The Bertz CT molecular complexity index is 470. The van der Waals surface area contributed by atoms with Crippen LogP contribution < -0.4 is 5.32 Å². The average molecular weight is 320 g/mol. The summed E-state index contributed by atoms with van der Waals surface area (Å²) in [6, 6.07) is 8.09. The van der Waals surface area contributed by atoms with Crippen molar-refractivity contribution in [2.24, 2.45) is 0 Å². The van der Waals surface area contributed by atoms with E-state index in [2.05, 4.69) is 5.32 Å². The largest absolute Gasteiger partial charge is 0.380 e. The molecule has 1 N–H and O–H groups in total. The summed E-state index contributed by atoms with van der Waals surface area (Å²) in [6.07, 6.45) is 3.75. The Kier molecular flexibility index (Phi) is 7.52. The molecule has 1 fully saturated rings. The van der Waals surface area contributed by atoms with E-state index in [1.54, 1.807) is 7.11 Å². The van der Waals surface area contributed by atoms with Crippen LogP contribution >= 0.6 is 0 Å². The van der Waals surface area contributed by atoms with E-state index in [4.69, 9.17) is 9.47 Å². The molecule has 0 bridgehead atoms. The highest BCUT2D eigenvalue weighted by Gasteiger charge is 2.17. The molecule has 0 saturated carbocycles. The standard InChI is InChI=1S/C18H28N2O3/c1-20(12-17-5-3-4-10-23-17)13-18(21)19-11-15-6-8-16(9-7-15)14-22-2/h6-9,17H,3-5,10-14H2,1-2H3,(H,19,21). The molecule has 2 rings (SSSR count). The predicted molar refractivity (Wildman–Crippen MR) is 90.1 cm³/mol. The number of benzene rings is 1. The molecule has 1 aromatic carbocycles. The molecule has 1 saturated heterocycles. The number of methoxy groups -OCH3 is 1. The highest BCUT2D eigenvalue weighted by atomic mass is 16.5. The lowest BCUT2D eigenvalue weighted by Crippen LogP contribution is -2.39. The Morgan fingerprint density at radius 3 is 2.70 bits per heavy atom. The summed E-state index contributed by atoms with van der Waals surface area (Å²) in [5, 5.41) is 2.97. The molecule has 0 spiro atoms. The Hall–Kier alpha value is -1.43. The fourth-order valence-electron chi connectivity index (χ4n) is 2.79. The maximum Gasteiger partial charge on any atom is 0.234 e. The number of ether oxygens (including phenoxy) is 2. The molecule has 5 heteroatoms. The number of hydrogen-bond donors (Lipinski definition) is 1. The van der Waals surface area contributed by atoms with Gasteiger partial charge in [-0.2, -0.15) is 0 Å². The van der Waals surface area contributed by atoms with Crippen molar-refractivity contribution < 1.29 is 14.3 Å². The topological polar surface area (TPSA) is 50.8 Å². The van der Waals surface area contributed by atoms with Crippen molar-refractivity contribution >= 4 is 5.91 Å². The summed E-state index contributed by atoms with van der Waals surface area (Å²) >= 11 is 0. The Morgan fingerprint density at radius 2 is 2.04 bits per heavy atom. The third-order valence-electron chi connectivity index (χ3n) is 4.03. The summed E-state index contributed by atoms with van der Waals surface area (Å²) in [7, 11) is 3.65. The molecule has 0 aromatic heterocycles. The van der Waals surface area contributed by atoms with Gasteiger partial charge >= 0.3 is 0 Å². The first kappa shape index (κ1) is 17.9. The molecular weight excluding hydrogens is 292 g/mol. The first-order chi connectivity index (χ1) is 11.2. The van der Waals surface area contributed by atoms with Crippen molar-refractivity contribution in [3.8, 4) is 0 Å². The van der Waals surface area contributed by atoms with E-state index >= 15 is 0 Å². The zero-order chi connectivity index (χ0) is 16.5. The number of carbonyl (C=O) groups excluding carboxylic acids is 1. The summed E-state index contributed by atoms with van der Waals surface area (Å²) in [4.78, 5) is 14.1. The van der Waals surface area contributed by atoms with Gasteiger partial charge in [-0.3, -0.25) is 9.69 Å². The normalized spacial score (nSPS) is 18.1. The van der Waals surface area contributed by atoms with E-state index in [1.165, 1.54) is 6.42 Å². The molecule has 23 heavy (non-hydrogen) atoms. The highest BCUT2D eigenvalue weighted by Crippen LogP contribution is 2.13. The lowest BCUT2D eigenvalue weighted by atomic mass is 10.1. The van der Waals surface area contributed by atoms with Crippen LogP contribution in [0.5, 0.6) is 0 Å². The summed E-state index contributed by atoms with van der Waals surface area (Å²) < 4.78 is 10.8. The van der Waals surface area contributed by atoms with Crippen molar-refractivity contribution in [2.75, 3.05) is 33.9 Å². The van der Waals surface area contributed by atoms with Crippen LogP contribution in [-0.2, 0) is 27.4 Å². The lowest BCUT2D eigenvalue weighted by Gasteiger charge is -2.27. The molecular formula is C18H28N2O3. The quantitative estimate of drug-likeness (QED) is 0.795. The smallest absolute Gasteiger partial charge is 0.234 e. The SMILES string of the molecule is COCc1ccc(CNC(=O)CN(C)CC2CCCCO2)cc1. The van der Waals surface area contributed by atoms with Crippen LogP contribution in [0.4, 0.5) is 0 Å². The van der Waals surface area contributed by atoms with Gasteiger partial charge in [-0.15, -0.1) is 0 Å². The molecule has 1 aliphatic rings. The Balaban J connectivity index is 1.67. The number of carbonyl (C=O) groups is 1. The minimum atomic E-state index is 0.0456. The van der Waals surface area contributed by atoms with E-state index in [0.717, 1.165) is 37.1 Å². The monoisotopic (exact) mass is 320 g/mol. The number of rotatable bonds is 8. The van der Waals surface area contributed by atoms with Crippen LogP contribution in [-0.4, -0.2) is 50.8 Å². The van der Waals surface area contributed by atoms with Crippen molar-refractivity contribution in [2.45, 2.75) is 38.5 Å². The van der Waals surface area contributed by atoms with E-state index in [9.17, 15) is 4.79 Å². The van der Waals surface area contributed by atoms with E-state index in [0.29, 0.717) is 19.7 Å². The van der Waals surface area contributed by atoms with Gasteiger partial charge in [-0.25, -0.2) is 0 Å². The zero-order valence-electron chi connectivity index (χ0n) is 14.2. The number of amides is 1. The molecule has 0 aliphatic carbocycles. The van der Waals surface area contributed by atoms with E-state index in [-0.39, 0.29) is 12.0 Å². The third-order valence-corrected chi connectivity index (χ3v) is 4.03. The van der Waals surface area contributed by atoms with Gasteiger partial charge in [0.25, 0.3) is 0 Å². The molecule has 128 valence electrons. The first-order valence-electron chi connectivity index (χ1n) is 8.31. The van der Waals surface area contributed by atoms with Gasteiger partial charge in [-0.05, 0) is 37.4 Å². The maximum absolute atomic E-state index is 12.0. The van der Waals surface area contributed by atoms with Crippen LogP contribution in [0.1, 0.15) is 30.4 Å². The number of hydrogen-bond acceptors (Lipinski definition) is 4. The second kappa shape index (κ2) is 9.65. The van der Waals surface area contributed by atoms with Crippen molar-refractivity contribution in [3.63, 3.8) is 0 Å². The van der Waals surface area contributed by atoms with Gasteiger partial charge in [-0.1, -0.05) is 24.3 Å². The molecule has 1 heterocycles. The predicted octanol–water partition coefficient (Wildman–Crippen LogP) is 1.95. The third kappa shape index (κ3) is 6.69. The van der Waals surface area contributed by atoms with Crippen LogP contribution in [0.2, 0.25) is 0 Å². The second-order valence-electron chi connectivity index (χ2n) is 6.21. The van der Waals surface area contributed by atoms with Crippen molar-refractivity contribution in [1.82, 2.24) is 10.2 Å². The summed E-state index contributed by atoms with van der Waals surface area (Å²) in [5.74, 6) is 0.0456. The first-order valence-corrected chi connectivity index (χ1v) is 8.31. The van der Waals surface area contributed by atoms with Crippen LogP contribution in [0, 0.1) is 0 Å². The van der Waals surface area contributed by atoms with Gasteiger partial charge in [0.15, 0.2) is 0 Å². The molecule has 0 radical (unpaired) electrons. The number of nitrogens with zero attached hydrogens (tertiary/aromatic N) is 1.